The molecule has 0 spiro atoms. The van der Waals surface area contributed by atoms with Gasteiger partial charge in [0, 0.05) is 32.8 Å². The van der Waals surface area contributed by atoms with Gasteiger partial charge in [-0.1, -0.05) is 97.1 Å². The lowest BCUT2D eigenvalue weighted by molar-refractivity contribution is 0.670. The molecule has 0 N–H and O–H groups in total. The molecule has 0 saturated heterocycles. The first-order valence-electron chi connectivity index (χ1n) is 13.9. The van der Waals surface area contributed by atoms with Crippen LogP contribution in [0.1, 0.15) is 0 Å². The molecule has 192 valence electrons. The average molecular weight is 526 g/mol. The standard InChI is InChI=1S/C38H23NO2/c1-2-9-27(10-3-1)39-33-15-6-4-12-31(33)38-36(39)32-22-21-26(23-35(32)41-38)24-17-19-25(20-18-24)28-13-8-14-30-29-11-5-7-16-34(29)40-37(28)30/h1-23H. The van der Waals surface area contributed by atoms with Crippen molar-refractivity contribution in [3.63, 3.8) is 0 Å². The molecule has 9 rings (SSSR count). The minimum Gasteiger partial charge on any atom is -0.455 e. The van der Waals surface area contributed by atoms with Gasteiger partial charge >= 0.3 is 0 Å². The number of rotatable bonds is 3. The van der Waals surface area contributed by atoms with E-state index in [0.717, 1.165) is 82.9 Å². The minimum atomic E-state index is 0.888. The van der Waals surface area contributed by atoms with E-state index in [2.05, 4.69) is 132 Å². The van der Waals surface area contributed by atoms with E-state index in [1.165, 1.54) is 0 Å². The minimum absolute atomic E-state index is 0.888. The zero-order chi connectivity index (χ0) is 26.9. The number of aromatic nitrogens is 1. The van der Waals surface area contributed by atoms with Crippen LogP contribution < -0.4 is 0 Å². The van der Waals surface area contributed by atoms with Crippen molar-refractivity contribution in [1.82, 2.24) is 4.57 Å². The Labute approximate surface area is 235 Å². The van der Waals surface area contributed by atoms with Crippen LogP contribution in [0.3, 0.4) is 0 Å². The van der Waals surface area contributed by atoms with Crippen molar-refractivity contribution >= 4 is 54.9 Å². The maximum Gasteiger partial charge on any atom is 0.161 e. The van der Waals surface area contributed by atoms with Gasteiger partial charge in [-0.3, -0.25) is 0 Å². The Morgan fingerprint density at radius 1 is 0.415 bits per heavy atom. The summed E-state index contributed by atoms with van der Waals surface area (Å²) < 4.78 is 15.2. The fourth-order valence-corrected chi connectivity index (χ4v) is 6.31. The van der Waals surface area contributed by atoms with E-state index in [1.54, 1.807) is 0 Å². The second kappa shape index (κ2) is 8.48. The lowest BCUT2D eigenvalue weighted by atomic mass is 9.98. The second-order valence-corrected chi connectivity index (χ2v) is 10.5. The first kappa shape index (κ1) is 22.3. The molecule has 6 aromatic carbocycles. The number of fused-ring (bicyclic) bond motifs is 8. The molecule has 0 aliphatic rings. The van der Waals surface area contributed by atoms with Gasteiger partial charge in [0.05, 0.1) is 5.52 Å². The normalized spacial score (nSPS) is 11.9. The van der Waals surface area contributed by atoms with Crippen LogP contribution in [0.5, 0.6) is 0 Å². The van der Waals surface area contributed by atoms with E-state index in [9.17, 15) is 0 Å². The van der Waals surface area contributed by atoms with Gasteiger partial charge in [0.25, 0.3) is 0 Å². The van der Waals surface area contributed by atoms with Crippen molar-refractivity contribution in [2.45, 2.75) is 0 Å². The summed E-state index contributed by atoms with van der Waals surface area (Å²) in [5.41, 5.74) is 11.5. The Hall–Kier alpha value is -5.54. The topological polar surface area (TPSA) is 31.2 Å². The van der Waals surface area contributed by atoms with E-state index in [1.807, 2.05) is 12.1 Å². The Bertz CT molecular complexity index is 2400. The summed E-state index contributed by atoms with van der Waals surface area (Å²) in [6, 6.07) is 48.8. The molecular weight excluding hydrogens is 502 g/mol. The highest BCUT2D eigenvalue weighted by atomic mass is 16.3. The monoisotopic (exact) mass is 525 g/mol. The Morgan fingerprint density at radius 3 is 1.98 bits per heavy atom. The van der Waals surface area contributed by atoms with E-state index in [4.69, 9.17) is 8.83 Å². The third-order valence-corrected chi connectivity index (χ3v) is 8.22. The highest BCUT2D eigenvalue weighted by Crippen LogP contribution is 2.40. The van der Waals surface area contributed by atoms with Crippen molar-refractivity contribution in [2.75, 3.05) is 0 Å². The Balaban J connectivity index is 1.16. The van der Waals surface area contributed by atoms with Crippen LogP contribution in [0.2, 0.25) is 0 Å². The molecule has 0 aliphatic heterocycles. The fourth-order valence-electron chi connectivity index (χ4n) is 6.31. The smallest absolute Gasteiger partial charge is 0.161 e. The van der Waals surface area contributed by atoms with Gasteiger partial charge < -0.3 is 13.4 Å². The summed E-state index contributed by atoms with van der Waals surface area (Å²) in [5, 5.41) is 4.52. The zero-order valence-corrected chi connectivity index (χ0v) is 22.0. The molecule has 0 saturated carbocycles. The fraction of sp³-hybridized carbons (Fsp3) is 0. The van der Waals surface area contributed by atoms with Crippen LogP contribution in [0.15, 0.2) is 148 Å². The highest BCUT2D eigenvalue weighted by molar-refractivity contribution is 6.17. The van der Waals surface area contributed by atoms with Crippen LogP contribution in [-0.2, 0) is 0 Å². The van der Waals surface area contributed by atoms with Gasteiger partial charge in [0.1, 0.15) is 22.3 Å². The lowest BCUT2D eigenvalue weighted by Gasteiger charge is -2.08. The highest BCUT2D eigenvalue weighted by Gasteiger charge is 2.19. The zero-order valence-electron chi connectivity index (χ0n) is 22.0. The summed E-state index contributed by atoms with van der Waals surface area (Å²) in [4.78, 5) is 0. The largest absolute Gasteiger partial charge is 0.455 e. The maximum atomic E-state index is 6.57. The van der Waals surface area contributed by atoms with Crippen molar-refractivity contribution in [2.24, 2.45) is 0 Å². The van der Waals surface area contributed by atoms with Gasteiger partial charge in [-0.2, -0.15) is 0 Å². The van der Waals surface area contributed by atoms with E-state index >= 15 is 0 Å². The molecule has 41 heavy (non-hydrogen) atoms. The summed E-state index contributed by atoms with van der Waals surface area (Å²) in [6.07, 6.45) is 0. The average Bonchev–Trinajstić information content (AvgIpc) is 3.70. The van der Waals surface area contributed by atoms with Gasteiger partial charge in [0.2, 0.25) is 0 Å². The molecule has 0 fully saturated rings. The number of furan rings is 2. The third-order valence-electron chi connectivity index (χ3n) is 8.22. The van der Waals surface area contributed by atoms with Gasteiger partial charge in [0.15, 0.2) is 5.58 Å². The van der Waals surface area contributed by atoms with Crippen molar-refractivity contribution in [3.8, 4) is 27.9 Å². The Morgan fingerprint density at radius 2 is 1.10 bits per heavy atom. The summed E-state index contributed by atoms with van der Waals surface area (Å²) in [6.45, 7) is 0. The van der Waals surface area contributed by atoms with Crippen LogP contribution in [0.25, 0.3) is 82.9 Å². The number of hydrogen-bond acceptors (Lipinski definition) is 2. The number of para-hydroxylation sites is 4. The molecular formula is C38H23NO2. The number of nitrogens with zero attached hydrogens (tertiary/aromatic N) is 1. The van der Waals surface area contributed by atoms with Crippen molar-refractivity contribution in [1.29, 1.82) is 0 Å². The third kappa shape index (κ3) is 3.26. The number of hydrogen-bond donors (Lipinski definition) is 0. The molecule has 0 aliphatic carbocycles. The lowest BCUT2D eigenvalue weighted by Crippen LogP contribution is -1.92. The molecule has 0 radical (unpaired) electrons. The van der Waals surface area contributed by atoms with Crippen LogP contribution >= 0.6 is 0 Å². The molecule has 0 amide bonds. The first-order chi connectivity index (χ1) is 20.3. The molecule has 0 unspecified atom stereocenters. The van der Waals surface area contributed by atoms with Crippen LogP contribution in [0.4, 0.5) is 0 Å². The Kier molecular flexibility index (Phi) is 4.61. The molecule has 3 heteroatoms. The SMILES string of the molecule is c1ccc(-n2c3ccccc3c3oc4cc(-c5ccc(-c6cccc7c6oc6ccccc67)cc5)ccc4c32)cc1. The first-order valence-corrected chi connectivity index (χ1v) is 13.9. The maximum absolute atomic E-state index is 6.57. The number of benzene rings is 6. The second-order valence-electron chi connectivity index (χ2n) is 10.5. The quantitative estimate of drug-likeness (QED) is 0.230. The van der Waals surface area contributed by atoms with Crippen LogP contribution in [-0.4, -0.2) is 4.57 Å². The summed E-state index contributed by atoms with van der Waals surface area (Å²) in [7, 11) is 0. The van der Waals surface area contributed by atoms with E-state index in [0.29, 0.717) is 0 Å². The predicted octanol–water partition coefficient (Wildman–Crippen LogP) is 10.8. The molecule has 3 aromatic heterocycles. The van der Waals surface area contributed by atoms with Crippen LogP contribution in [0, 0.1) is 0 Å². The summed E-state index contributed by atoms with van der Waals surface area (Å²) >= 11 is 0. The molecule has 0 atom stereocenters. The predicted molar refractivity (Wildman–Crippen MR) is 169 cm³/mol. The van der Waals surface area contributed by atoms with Crippen molar-refractivity contribution < 1.29 is 8.83 Å². The summed E-state index contributed by atoms with van der Waals surface area (Å²) in [5.74, 6) is 0. The van der Waals surface area contributed by atoms with Gasteiger partial charge in [-0.15, -0.1) is 0 Å². The molecule has 9 aromatic rings. The molecule has 3 nitrogen and oxygen atoms in total. The molecule has 0 bridgehead atoms. The van der Waals surface area contributed by atoms with Crippen molar-refractivity contribution in [3.05, 3.63) is 140 Å². The van der Waals surface area contributed by atoms with Gasteiger partial charge in [-0.05, 0) is 59.2 Å². The molecule has 3 heterocycles. The van der Waals surface area contributed by atoms with Gasteiger partial charge in [-0.25, -0.2) is 0 Å². The van der Waals surface area contributed by atoms with E-state index in [-0.39, 0.29) is 0 Å². The van der Waals surface area contributed by atoms with E-state index < -0.39 is 0 Å².